The topological polar surface area (TPSA) is 144 Å². The van der Waals surface area contributed by atoms with Crippen molar-refractivity contribution in [2.75, 3.05) is 0 Å². The van der Waals surface area contributed by atoms with Crippen molar-refractivity contribution in [2.24, 2.45) is 0 Å². The Morgan fingerprint density at radius 1 is 1.07 bits per heavy atom. The van der Waals surface area contributed by atoms with E-state index in [-0.39, 0.29) is 48.9 Å². The van der Waals surface area contributed by atoms with Crippen molar-refractivity contribution >= 4 is 39.8 Å². The molecule has 0 saturated heterocycles. The minimum absolute atomic E-state index is 0.00626. The number of pyridine rings is 2. The highest BCUT2D eigenvalue weighted by atomic mass is 127. The van der Waals surface area contributed by atoms with Crippen molar-refractivity contribution in [3.05, 3.63) is 81.1 Å². The van der Waals surface area contributed by atoms with E-state index in [1.807, 2.05) is 0 Å². The van der Waals surface area contributed by atoms with Gasteiger partial charge in [-0.05, 0) is 60.2 Å². The van der Waals surface area contributed by atoms with Crippen molar-refractivity contribution in [3.63, 3.8) is 0 Å². The van der Waals surface area contributed by atoms with Gasteiger partial charge in [-0.25, -0.2) is 13.5 Å². The third-order valence-electron chi connectivity index (χ3n) is 5.92. The van der Waals surface area contributed by atoms with Gasteiger partial charge in [0, 0.05) is 30.9 Å². The summed E-state index contributed by atoms with van der Waals surface area (Å²) in [4.78, 5) is 20.3. The summed E-state index contributed by atoms with van der Waals surface area (Å²) in [5.74, 6) is -0.705. The molecule has 18 heteroatoms. The number of hydrogen-bond donors (Lipinski definition) is 3. The van der Waals surface area contributed by atoms with Crippen molar-refractivity contribution in [1.29, 1.82) is 0 Å². The summed E-state index contributed by atoms with van der Waals surface area (Å²) in [5.41, 5.74) is -0.0341. The third kappa shape index (κ3) is 9.63. The van der Waals surface area contributed by atoms with Gasteiger partial charge in [0.2, 0.25) is 0 Å². The molecule has 0 bridgehead atoms. The maximum Gasteiger partial charge on any atom is 0.416 e. The van der Waals surface area contributed by atoms with E-state index >= 15 is 0 Å². The molecule has 0 aliphatic carbocycles. The second-order valence-electron chi connectivity index (χ2n) is 9.42. The molecule has 3 N–H and O–H groups in total. The van der Waals surface area contributed by atoms with Crippen molar-refractivity contribution in [1.82, 2.24) is 45.8 Å². The molecule has 4 heterocycles. The van der Waals surface area contributed by atoms with Crippen LogP contribution in [0.15, 0.2) is 42.9 Å². The minimum Gasteiger partial charge on any atom is -0.372 e. The van der Waals surface area contributed by atoms with Gasteiger partial charge < -0.3 is 10.4 Å². The number of amides is 1. The van der Waals surface area contributed by atoms with Crippen LogP contribution >= 0.6 is 33.9 Å². The maximum atomic E-state index is 14.6. The quantitative estimate of drug-likeness (QED) is 0.0797. The smallest absolute Gasteiger partial charge is 0.372 e. The van der Waals surface area contributed by atoms with Gasteiger partial charge in [-0.2, -0.15) is 13.2 Å². The number of nitrogens with one attached hydrogen (secondary N) is 2. The van der Waals surface area contributed by atoms with E-state index in [2.05, 4.69) is 41.1 Å². The summed E-state index contributed by atoms with van der Waals surface area (Å²) in [5, 5.41) is 31.8. The number of hydrogen-bond acceptors (Lipinski definition) is 10. The summed E-state index contributed by atoms with van der Waals surface area (Å²) >= 11 is 2.79. The van der Waals surface area contributed by atoms with E-state index in [9.17, 15) is 31.9 Å². The van der Waals surface area contributed by atoms with Gasteiger partial charge in [-0.3, -0.25) is 20.1 Å². The Bertz CT molecular complexity index is 1530. The first-order valence-electron chi connectivity index (χ1n) is 12.7. The highest BCUT2D eigenvalue weighted by Crippen LogP contribution is 2.33. The zero-order valence-corrected chi connectivity index (χ0v) is 25.4. The third-order valence-corrected chi connectivity index (χ3v) is 7.58. The number of halogens is 6. The molecule has 0 radical (unpaired) electrons. The molecule has 3 atom stereocenters. The van der Waals surface area contributed by atoms with Gasteiger partial charge in [0.25, 0.3) is 5.91 Å². The number of aliphatic hydroxyl groups excluding tert-OH is 1. The van der Waals surface area contributed by atoms with E-state index < -0.39 is 33.7 Å². The average Bonchev–Trinajstić information content (AvgIpc) is 3.63. The second-order valence-corrected chi connectivity index (χ2v) is 12.5. The molecule has 4 aromatic heterocycles. The molecular weight excluding hydrogens is 712 g/mol. The second kappa shape index (κ2) is 14.0. The monoisotopic (exact) mass is 737 g/mol. The van der Waals surface area contributed by atoms with Crippen LogP contribution in [0, 0.1) is 0 Å². The number of alkyl halides is 6. The molecule has 0 aromatic carbocycles. The first-order valence-corrected chi connectivity index (χ1v) is 14.6. The molecule has 0 aliphatic rings. The number of carbonyl (C=O) groups excluding carboxylic acids is 1. The predicted molar refractivity (Wildman–Crippen MR) is 152 cm³/mol. The summed E-state index contributed by atoms with van der Waals surface area (Å²) < 4.78 is 66.9. The SMILES string of the molecule is CC(F)(I)c1ccnc(CNC(O)c2nnc(CCC(F)Cn3cc(C(=O)NCc4cc(C(F)(F)F)ccn4)nn3)s2)c1. The Kier molecular flexibility index (Phi) is 10.7. The zero-order chi connectivity index (χ0) is 31.2. The molecule has 11 nitrogen and oxygen atoms in total. The predicted octanol–water partition coefficient (Wildman–Crippen LogP) is 4.20. The average molecular weight is 737 g/mol. The summed E-state index contributed by atoms with van der Waals surface area (Å²) in [6.07, 6.45) is -3.07. The van der Waals surface area contributed by atoms with Gasteiger partial charge in [0.05, 0.1) is 36.2 Å². The van der Waals surface area contributed by atoms with Gasteiger partial charge >= 0.3 is 6.18 Å². The molecule has 1 amide bonds. The van der Waals surface area contributed by atoms with Gasteiger partial charge in [-0.1, -0.05) is 16.6 Å². The molecule has 0 spiro atoms. The van der Waals surface area contributed by atoms with Crippen LogP contribution in [0.2, 0.25) is 0 Å². The molecule has 230 valence electrons. The Labute approximate surface area is 259 Å². The van der Waals surface area contributed by atoms with Crippen LogP contribution in [0.1, 0.15) is 62.6 Å². The Morgan fingerprint density at radius 3 is 2.44 bits per heavy atom. The molecular formula is C25H25F5IN9O2S. The standard InChI is InChI=1S/C25H25F5IN9O2S/c1-24(27,31)14-4-6-32-17(8-14)11-35-22(42)23-38-37-20(43-23)3-2-16(26)12-40-13-19(36-39-40)21(41)34-10-18-9-15(5-7-33-18)25(28,29)30/h4-9,13,16,22,35,42H,2-3,10-12H2,1H3,(H,34,41). The summed E-state index contributed by atoms with van der Waals surface area (Å²) in [6.45, 7) is 1.11. The fraction of sp³-hybridized carbons (Fsp3) is 0.400. The molecule has 4 rings (SSSR count). The number of aromatic nitrogens is 7. The molecule has 4 aromatic rings. The van der Waals surface area contributed by atoms with Crippen molar-refractivity contribution in [3.8, 4) is 0 Å². The first kappa shape index (κ1) is 32.7. The lowest BCUT2D eigenvalue weighted by Crippen LogP contribution is -2.24. The first-order chi connectivity index (χ1) is 20.3. The van der Waals surface area contributed by atoms with E-state index in [0.717, 1.165) is 34.3 Å². The largest absolute Gasteiger partial charge is 0.416 e. The van der Waals surface area contributed by atoms with Crippen LogP contribution in [0.25, 0.3) is 0 Å². The molecule has 43 heavy (non-hydrogen) atoms. The van der Waals surface area contributed by atoms with Gasteiger partial charge in [-0.15, -0.1) is 15.3 Å². The zero-order valence-electron chi connectivity index (χ0n) is 22.4. The highest BCUT2D eigenvalue weighted by molar-refractivity contribution is 14.1. The van der Waals surface area contributed by atoms with Crippen molar-refractivity contribution in [2.45, 2.75) is 61.7 Å². The molecule has 0 fully saturated rings. The number of aliphatic hydroxyl groups is 1. The normalized spacial score (nSPS) is 14.7. The maximum absolute atomic E-state index is 14.6. The summed E-state index contributed by atoms with van der Waals surface area (Å²) in [7, 11) is 0. The Balaban J connectivity index is 1.21. The Hall–Kier alpha value is -3.23. The lowest BCUT2D eigenvalue weighted by Gasteiger charge is -2.14. The fourth-order valence-corrected chi connectivity index (χ4v) is 4.85. The van der Waals surface area contributed by atoms with Crippen LogP contribution in [-0.4, -0.2) is 52.3 Å². The highest BCUT2D eigenvalue weighted by Gasteiger charge is 2.30. The van der Waals surface area contributed by atoms with Crippen LogP contribution in [0.3, 0.4) is 0 Å². The minimum atomic E-state index is -4.54. The fourth-order valence-electron chi connectivity index (χ4n) is 3.69. The van der Waals surface area contributed by atoms with Crippen LogP contribution in [-0.2, 0) is 35.9 Å². The van der Waals surface area contributed by atoms with Crippen molar-refractivity contribution < 1.29 is 31.9 Å². The Morgan fingerprint density at radius 2 is 1.74 bits per heavy atom. The van der Waals surface area contributed by atoms with E-state index in [0.29, 0.717) is 16.3 Å². The number of rotatable bonds is 13. The van der Waals surface area contributed by atoms with E-state index in [1.165, 1.54) is 19.3 Å². The van der Waals surface area contributed by atoms with Gasteiger partial charge in [0.1, 0.15) is 11.2 Å². The van der Waals surface area contributed by atoms with E-state index in [1.54, 1.807) is 34.7 Å². The molecule has 3 unspecified atom stereocenters. The molecule has 0 aliphatic heterocycles. The van der Waals surface area contributed by atoms with Crippen LogP contribution in [0.5, 0.6) is 0 Å². The lowest BCUT2D eigenvalue weighted by atomic mass is 10.1. The summed E-state index contributed by atoms with van der Waals surface area (Å²) in [6, 6.07) is 4.83. The van der Waals surface area contributed by atoms with Crippen LogP contribution < -0.4 is 10.6 Å². The lowest BCUT2D eigenvalue weighted by molar-refractivity contribution is -0.137. The number of carbonyl (C=O) groups is 1. The number of aryl methyl sites for hydroxylation is 1. The molecule has 0 saturated carbocycles. The van der Waals surface area contributed by atoms with Crippen LogP contribution in [0.4, 0.5) is 22.0 Å². The van der Waals surface area contributed by atoms with E-state index in [4.69, 9.17) is 0 Å². The number of nitrogens with zero attached hydrogens (tertiary/aromatic N) is 7. The van der Waals surface area contributed by atoms with Gasteiger partial charge in [0.15, 0.2) is 20.6 Å².